The minimum absolute atomic E-state index is 0.344. The van der Waals surface area contributed by atoms with Crippen molar-refractivity contribution in [2.75, 3.05) is 20.8 Å². The minimum Gasteiger partial charge on any atom is -0.493 e. The van der Waals surface area contributed by atoms with Crippen LogP contribution in [0.25, 0.3) is 0 Å². The molecule has 7 nitrogen and oxygen atoms in total. The lowest BCUT2D eigenvalue weighted by atomic mass is 10.1. The molecule has 1 N–H and O–H groups in total. The largest absolute Gasteiger partial charge is 0.493 e. The first-order valence-corrected chi connectivity index (χ1v) is 8.38. The number of rotatable bonds is 9. The molecule has 0 heterocycles. The van der Waals surface area contributed by atoms with Crippen molar-refractivity contribution in [3.63, 3.8) is 0 Å². The molecule has 0 aromatic heterocycles. The van der Waals surface area contributed by atoms with Gasteiger partial charge in [0.05, 0.1) is 25.5 Å². The average molecular weight is 383 g/mol. The number of para-hydroxylation sites is 1. The fourth-order valence-corrected chi connectivity index (χ4v) is 2.53. The summed E-state index contributed by atoms with van der Waals surface area (Å²) in [4.78, 5) is 27.1. The number of aliphatic imine (C=N–C) groups is 1. The average Bonchev–Trinajstić information content (AvgIpc) is 2.70. The van der Waals surface area contributed by atoms with Gasteiger partial charge >= 0.3 is 11.9 Å². The summed E-state index contributed by atoms with van der Waals surface area (Å²) in [7, 11) is 2.78. The lowest BCUT2D eigenvalue weighted by molar-refractivity contribution is -0.139. The van der Waals surface area contributed by atoms with E-state index in [0.717, 1.165) is 0 Å². The smallest absolute Gasteiger partial charge is 0.341 e. The molecule has 0 aliphatic rings. The SMILES string of the molecule is C=CCc1cc(C=Nc2ccccc2C(=O)OC)cc(OC)c1OCC(=O)O. The Balaban J connectivity index is 2.42. The summed E-state index contributed by atoms with van der Waals surface area (Å²) in [5.41, 5.74) is 2.21. The summed E-state index contributed by atoms with van der Waals surface area (Å²) in [5.74, 6) is -0.841. The summed E-state index contributed by atoms with van der Waals surface area (Å²) >= 11 is 0. The van der Waals surface area contributed by atoms with E-state index in [2.05, 4.69) is 11.6 Å². The summed E-state index contributed by atoms with van der Waals surface area (Å²) in [6.07, 6.45) is 3.71. The number of benzene rings is 2. The maximum atomic E-state index is 11.9. The van der Waals surface area contributed by atoms with Crippen molar-refractivity contribution < 1.29 is 28.9 Å². The number of allylic oxidation sites excluding steroid dienone is 1. The Hall–Kier alpha value is -3.61. The molecule has 7 heteroatoms. The van der Waals surface area contributed by atoms with Crippen LogP contribution in [0, 0.1) is 0 Å². The van der Waals surface area contributed by atoms with E-state index in [9.17, 15) is 9.59 Å². The molecule has 0 bridgehead atoms. The second-order valence-electron chi connectivity index (χ2n) is 5.65. The van der Waals surface area contributed by atoms with Gasteiger partial charge in [0.15, 0.2) is 18.1 Å². The number of nitrogens with zero attached hydrogens (tertiary/aromatic N) is 1. The molecule has 0 atom stereocenters. The fourth-order valence-electron chi connectivity index (χ4n) is 2.53. The topological polar surface area (TPSA) is 94.4 Å². The molecular weight excluding hydrogens is 362 g/mol. The van der Waals surface area contributed by atoms with Crippen LogP contribution in [0.15, 0.2) is 54.0 Å². The molecule has 0 saturated carbocycles. The standard InChI is InChI=1S/C21H21NO6/c1-4-7-15-10-14(11-18(26-2)20(15)28-13-19(23)24)12-22-17-9-6-5-8-16(17)21(25)27-3/h4-6,8-12H,1,7,13H2,2-3H3,(H,23,24). The van der Waals surface area contributed by atoms with E-state index in [0.29, 0.717) is 40.3 Å². The van der Waals surface area contributed by atoms with Crippen molar-refractivity contribution in [3.05, 3.63) is 65.7 Å². The first-order chi connectivity index (χ1) is 13.5. The van der Waals surface area contributed by atoms with Crippen LogP contribution in [-0.2, 0) is 16.0 Å². The van der Waals surface area contributed by atoms with Gasteiger partial charge in [-0.25, -0.2) is 9.59 Å². The third-order valence-electron chi connectivity index (χ3n) is 3.74. The monoisotopic (exact) mass is 383 g/mol. The predicted molar refractivity (Wildman–Crippen MR) is 105 cm³/mol. The maximum absolute atomic E-state index is 11.9. The molecule has 0 spiro atoms. The number of hydrogen-bond acceptors (Lipinski definition) is 6. The number of hydrogen-bond donors (Lipinski definition) is 1. The first-order valence-electron chi connectivity index (χ1n) is 8.38. The number of carboxylic acid groups (broad SMARTS) is 1. The van der Waals surface area contributed by atoms with Crippen LogP contribution in [0.1, 0.15) is 21.5 Å². The van der Waals surface area contributed by atoms with E-state index in [1.54, 1.807) is 48.7 Å². The Bertz CT molecular complexity index is 904. The highest BCUT2D eigenvalue weighted by molar-refractivity contribution is 5.96. The van der Waals surface area contributed by atoms with E-state index < -0.39 is 18.5 Å². The van der Waals surface area contributed by atoms with Crippen molar-refractivity contribution in [3.8, 4) is 11.5 Å². The van der Waals surface area contributed by atoms with Crippen molar-refractivity contribution in [2.45, 2.75) is 6.42 Å². The molecule has 0 fully saturated rings. The molecule has 0 aliphatic heterocycles. The maximum Gasteiger partial charge on any atom is 0.341 e. The van der Waals surface area contributed by atoms with Gasteiger partial charge in [-0.2, -0.15) is 0 Å². The van der Waals surface area contributed by atoms with Gasteiger partial charge in [0.25, 0.3) is 0 Å². The number of ether oxygens (including phenoxy) is 3. The van der Waals surface area contributed by atoms with Gasteiger partial charge in [-0.1, -0.05) is 18.2 Å². The van der Waals surface area contributed by atoms with E-state index in [1.165, 1.54) is 14.2 Å². The predicted octanol–water partition coefficient (Wildman–Crippen LogP) is 3.42. The zero-order valence-electron chi connectivity index (χ0n) is 15.7. The summed E-state index contributed by atoms with van der Waals surface area (Å²) in [6, 6.07) is 10.3. The van der Waals surface area contributed by atoms with E-state index in [-0.39, 0.29) is 0 Å². The van der Waals surface area contributed by atoms with E-state index in [4.69, 9.17) is 19.3 Å². The van der Waals surface area contributed by atoms with Gasteiger partial charge in [0.1, 0.15) is 0 Å². The van der Waals surface area contributed by atoms with Gasteiger partial charge < -0.3 is 19.3 Å². The normalized spacial score (nSPS) is 10.5. The van der Waals surface area contributed by atoms with Crippen LogP contribution in [0.4, 0.5) is 5.69 Å². The molecule has 2 rings (SSSR count). The van der Waals surface area contributed by atoms with Crippen LogP contribution in [0.5, 0.6) is 11.5 Å². The summed E-state index contributed by atoms with van der Waals surface area (Å²) in [6.45, 7) is 3.23. The van der Waals surface area contributed by atoms with Crippen molar-refractivity contribution in [2.24, 2.45) is 4.99 Å². The van der Waals surface area contributed by atoms with Crippen LogP contribution >= 0.6 is 0 Å². The molecule has 0 aliphatic carbocycles. The van der Waals surface area contributed by atoms with Crippen LogP contribution < -0.4 is 9.47 Å². The Labute approximate surface area is 162 Å². The zero-order chi connectivity index (χ0) is 20.5. The highest BCUT2D eigenvalue weighted by Gasteiger charge is 2.14. The van der Waals surface area contributed by atoms with Crippen LogP contribution in [0.3, 0.4) is 0 Å². The lowest BCUT2D eigenvalue weighted by Gasteiger charge is -2.14. The third-order valence-corrected chi connectivity index (χ3v) is 3.74. The lowest BCUT2D eigenvalue weighted by Crippen LogP contribution is -2.11. The third kappa shape index (κ3) is 5.20. The summed E-state index contributed by atoms with van der Waals surface area (Å²) in [5, 5.41) is 8.87. The second kappa shape index (κ2) is 9.91. The van der Waals surface area contributed by atoms with Gasteiger partial charge in [0, 0.05) is 11.8 Å². The minimum atomic E-state index is -1.09. The zero-order valence-corrected chi connectivity index (χ0v) is 15.7. The Morgan fingerprint density at radius 2 is 1.96 bits per heavy atom. The molecule has 146 valence electrons. The quantitative estimate of drug-likeness (QED) is 0.405. The number of carbonyl (C=O) groups is 2. The van der Waals surface area contributed by atoms with Gasteiger partial charge in [-0.15, -0.1) is 6.58 Å². The molecule has 0 saturated heterocycles. The van der Waals surface area contributed by atoms with Gasteiger partial charge in [0.2, 0.25) is 0 Å². The molecule has 2 aromatic rings. The van der Waals surface area contributed by atoms with Crippen molar-refractivity contribution in [1.82, 2.24) is 0 Å². The molecular formula is C21H21NO6. The van der Waals surface area contributed by atoms with Crippen LogP contribution in [-0.4, -0.2) is 44.1 Å². The number of carboxylic acids is 1. The van der Waals surface area contributed by atoms with Gasteiger partial charge in [-0.3, -0.25) is 4.99 Å². The van der Waals surface area contributed by atoms with E-state index >= 15 is 0 Å². The van der Waals surface area contributed by atoms with E-state index in [1.807, 2.05) is 0 Å². The number of methoxy groups -OCH3 is 2. The first kappa shape index (κ1) is 20.7. The highest BCUT2D eigenvalue weighted by atomic mass is 16.5. The molecule has 28 heavy (non-hydrogen) atoms. The van der Waals surface area contributed by atoms with Crippen molar-refractivity contribution in [1.29, 1.82) is 0 Å². The number of carbonyl (C=O) groups excluding carboxylic acids is 1. The van der Waals surface area contributed by atoms with Crippen LogP contribution in [0.2, 0.25) is 0 Å². The van der Waals surface area contributed by atoms with Crippen molar-refractivity contribution >= 4 is 23.8 Å². The Morgan fingerprint density at radius 3 is 2.61 bits per heavy atom. The number of aliphatic carboxylic acids is 1. The molecule has 0 unspecified atom stereocenters. The Kier molecular flexibility index (Phi) is 7.33. The fraction of sp³-hybridized carbons (Fsp3) is 0.190. The highest BCUT2D eigenvalue weighted by Crippen LogP contribution is 2.33. The molecule has 0 radical (unpaired) electrons. The Morgan fingerprint density at radius 1 is 1.21 bits per heavy atom. The van der Waals surface area contributed by atoms with Gasteiger partial charge in [-0.05, 0) is 36.2 Å². The number of esters is 1. The molecule has 0 amide bonds. The second-order valence-corrected chi connectivity index (χ2v) is 5.65. The molecule has 2 aromatic carbocycles. The summed E-state index contributed by atoms with van der Waals surface area (Å²) < 4.78 is 15.5.